The Morgan fingerprint density at radius 3 is 2.50 bits per heavy atom. The fraction of sp³-hybridized carbons (Fsp3) is 0.786. The third-order valence-corrected chi connectivity index (χ3v) is 3.60. The van der Waals surface area contributed by atoms with Gasteiger partial charge in [0.05, 0.1) is 5.92 Å². The minimum absolute atomic E-state index is 0.000524. The van der Waals surface area contributed by atoms with Gasteiger partial charge in [-0.25, -0.2) is 0 Å². The van der Waals surface area contributed by atoms with Crippen LogP contribution in [-0.2, 0) is 14.4 Å². The lowest BCUT2D eigenvalue weighted by Crippen LogP contribution is -2.33. The lowest BCUT2D eigenvalue weighted by molar-refractivity contribution is -0.141. The van der Waals surface area contributed by atoms with Gasteiger partial charge in [0.25, 0.3) is 0 Å². The molecule has 0 spiro atoms. The summed E-state index contributed by atoms with van der Waals surface area (Å²) in [4.78, 5) is 33.1. The van der Waals surface area contributed by atoms with Crippen molar-refractivity contribution in [2.75, 3.05) is 6.54 Å². The minimum Gasteiger partial charge on any atom is -0.481 e. The van der Waals surface area contributed by atoms with Crippen molar-refractivity contribution in [3.05, 3.63) is 0 Å². The molecule has 3 N–H and O–H groups in total. The van der Waals surface area contributed by atoms with E-state index in [1.165, 1.54) is 6.92 Å². The molecule has 0 aromatic carbocycles. The molecule has 1 aliphatic rings. The average molecular weight is 284 g/mol. The molecular weight excluding hydrogens is 260 g/mol. The summed E-state index contributed by atoms with van der Waals surface area (Å²) in [5, 5.41) is 14.5. The average Bonchev–Trinajstić information content (AvgIpc) is 2.81. The van der Waals surface area contributed by atoms with Gasteiger partial charge >= 0.3 is 5.97 Å². The molecule has 114 valence electrons. The summed E-state index contributed by atoms with van der Waals surface area (Å²) in [5.41, 5.74) is 0. The molecule has 1 aliphatic carbocycles. The van der Waals surface area contributed by atoms with E-state index in [2.05, 4.69) is 10.6 Å². The van der Waals surface area contributed by atoms with Gasteiger partial charge < -0.3 is 15.7 Å². The molecule has 0 heterocycles. The van der Waals surface area contributed by atoms with Gasteiger partial charge in [0, 0.05) is 25.9 Å². The molecule has 0 saturated heterocycles. The highest BCUT2D eigenvalue weighted by atomic mass is 16.4. The third-order valence-electron chi connectivity index (χ3n) is 3.60. The van der Waals surface area contributed by atoms with E-state index in [-0.39, 0.29) is 23.8 Å². The molecule has 0 aromatic rings. The van der Waals surface area contributed by atoms with Crippen LogP contribution >= 0.6 is 0 Å². The van der Waals surface area contributed by atoms with Crippen LogP contribution in [0.4, 0.5) is 0 Å². The van der Waals surface area contributed by atoms with Gasteiger partial charge in [-0.1, -0.05) is 6.42 Å². The summed E-state index contributed by atoms with van der Waals surface area (Å²) in [7, 11) is 0. The number of amides is 2. The standard InChI is InChI=1S/C14H24N2O4/c1-10(17)15-8-4-2-3-5-13(18)16-12-7-6-11(9-12)14(19)20/h11-12H,2-9H2,1H3,(H,15,17)(H,16,18)(H,19,20)/t11-,12+/m1/s1. The molecule has 0 radical (unpaired) electrons. The van der Waals surface area contributed by atoms with Crippen molar-refractivity contribution in [1.82, 2.24) is 10.6 Å². The Morgan fingerprint density at radius 2 is 1.90 bits per heavy atom. The van der Waals surface area contributed by atoms with Crippen molar-refractivity contribution < 1.29 is 19.5 Å². The quantitative estimate of drug-likeness (QED) is 0.581. The van der Waals surface area contributed by atoms with Gasteiger partial charge in [0.15, 0.2) is 0 Å². The number of carboxylic acid groups (broad SMARTS) is 1. The summed E-state index contributed by atoms with van der Waals surface area (Å²) in [6.07, 6.45) is 4.98. The Hall–Kier alpha value is -1.59. The Kier molecular flexibility index (Phi) is 7.04. The Morgan fingerprint density at radius 1 is 1.15 bits per heavy atom. The zero-order valence-corrected chi connectivity index (χ0v) is 12.0. The summed E-state index contributed by atoms with van der Waals surface area (Å²) >= 11 is 0. The molecular formula is C14H24N2O4. The van der Waals surface area contributed by atoms with Gasteiger partial charge in [-0.15, -0.1) is 0 Å². The number of rotatable bonds is 8. The normalized spacial score (nSPS) is 21.4. The predicted molar refractivity (Wildman–Crippen MR) is 74.1 cm³/mol. The molecule has 1 rings (SSSR count). The Balaban J connectivity index is 2.04. The lowest BCUT2D eigenvalue weighted by Gasteiger charge is -2.12. The highest BCUT2D eigenvalue weighted by Crippen LogP contribution is 2.25. The number of carbonyl (C=O) groups is 3. The Labute approximate surface area is 119 Å². The summed E-state index contributed by atoms with van der Waals surface area (Å²) in [6, 6.07) is 0.0166. The van der Waals surface area contributed by atoms with Crippen molar-refractivity contribution in [2.45, 2.75) is 57.9 Å². The molecule has 6 heteroatoms. The van der Waals surface area contributed by atoms with Crippen molar-refractivity contribution in [2.24, 2.45) is 5.92 Å². The molecule has 20 heavy (non-hydrogen) atoms. The van der Waals surface area contributed by atoms with E-state index in [0.717, 1.165) is 25.7 Å². The first-order chi connectivity index (χ1) is 9.49. The van der Waals surface area contributed by atoms with Gasteiger partial charge in [-0.2, -0.15) is 0 Å². The van der Waals surface area contributed by atoms with E-state index in [4.69, 9.17) is 5.11 Å². The number of nitrogens with one attached hydrogen (secondary N) is 2. The maximum atomic E-state index is 11.7. The van der Waals surface area contributed by atoms with Crippen LogP contribution in [0.15, 0.2) is 0 Å². The number of carbonyl (C=O) groups excluding carboxylic acids is 2. The van der Waals surface area contributed by atoms with Crippen molar-refractivity contribution in [3.63, 3.8) is 0 Å². The molecule has 2 atom stereocenters. The first-order valence-electron chi connectivity index (χ1n) is 7.25. The predicted octanol–water partition coefficient (Wildman–Crippen LogP) is 1.05. The van der Waals surface area contributed by atoms with Gasteiger partial charge in [0.1, 0.15) is 0 Å². The topological polar surface area (TPSA) is 95.5 Å². The number of hydrogen-bond donors (Lipinski definition) is 3. The largest absolute Gasteiger partial charge is 0.481 e. The van der Waals surface area contributed by atoms with Crippen LogP contribution in [0.1, 0.15) is 51.9 Å². The number of unbranched alkanes of at least 4 members (excludes halogenated alkanes) is 2. The van der Waals surface area contributed by atoms with Crippen LogP contribution in [0.2, 0.25) is 0 Å². The van der Waals surface area contributed by atoms with Gasteiger partial charge in [-0.3, -0.25) is 14.4 Å². The molecule has 0 aromatic heterocycles. The van der Waals surface area contributed by atoms with E-state index in [1.807, 2.05) is 0 Å². The van der Waals surface area contributed by atoms with Gasteiger partial charge in [0.2, 0.25) is 11.8 Å². The van der Waals surface area contributed by atoms with Crippen LogP contribution in [-0.4, -0.2) is 35.5 Å². The zero-order valence-electron chi connectivity index (χ0n) is 12.0. The van der Waals surface area contributed by atoms with Crippen LogP contribution in [0.25, 0.3) is 0 Å². The van der Waals surface area contributed by atoms with E-state index in [0.29, 0.717) is 25.8 Å². The molecule has 0 aliphatic heterocycles. The second-order valence-corrected chi connectivity index (χ2v) is 5.41. The smallest absolute Gasteiger partial charge is 0.306 e. The minimum atomic E-state index is -0.764. The monoisotopic (exact) mass is 284 g/mol. The molecule has 0 bridgehead atoms. The maximum Gasteiger partial charge on any atom is 0.306 e. The molecule has 1 fully saturated rings. The third kappa shape index (κ3) is 6.54. The Bertz CT molecular complexity index is 357. The second-order valence-electron chi connectivity index (χ2n) is 5.41. The maximum absolute atomic E-state index is 11.7. The second kappa shape index (κ2) is 8.55. The number of aliphatic carboxylic acids is 1. The zero-order chi connectivity index (χ0) is 15.0. The summed E-state index contributed by atoms with van der Waals surface area (Å²) in [6.45, 7) is 2.14. The molecule has 1 saturated carbocycles. The fourth-order valence-electron chi connectivity index (χ4n) is 2.49. The lowest BCUT2D eigenvalue weighted by atomic mass is 10.1. The first-order valence-corrected chi connectivity index (χ1v) is 7.25. The summed E-state index contributed by atoms with van der Waals surface area (Å²) in [5.74, 6) is -1.10. The molecule has 0 unspecified atom stereocenters. The number of hydrogen-bond acceptors (Lipinski definition) is 3. The van der Waals surface area contributed by atoms with Crippen molar-refractivity contribution in [1.29, 1.82) is 0 Å². The van der Waals surface area contributed by atoms with E-state index >= 15 is 0 Å². The highest BCUT2D eigenvalue weighted by Gasteiger charge is 2.30. The van der Waals surface area contributed by atoms with Crippen molar-refractivity contribution >= 4 is 17.8 Å². The van der Waals surface area contributed by atoms with E-state index in [1.54, 1.807) is 0 Å². The van der Waals surface area contributed by atoms with Crippen molar-refractivity contribution in [3.8, 4) is 0 Å². The van der Waals surface area contributed by atoms with E-state index in [9.17, 15) is 14.4 Å². The van der Waals surface area contributed by atoms with Gasteiger partial charge in [-0.05, 0) is 32.1 Å². The molecule has 6 nitrogen and oxygen atoms in total. The number of carboxylic acids is 1. The fourth-order valence-corrected chi connectivity index (χ4v) is 2.49. The highest BCUT2D eigenvalue weighted by molar-refractivity contribution is 5.76. The summed E-state index contributed by atoms with van der Waals surface area (Å²) < 4.78 is 0. The van der Waals surface area contributed by atoms with E-state index < -0.39 is 5.97 Å². The van der Waals surface area contributed by atoms with Crippen LogP contribution in [0.3, 0.4) is 0 Å². The SMILES string of the molecule is CC(=O)NCCCCCC(=O)N[C@H]1CC[C@@H](C(=O)O)C1. The van der Waals surface area contributed by atoms with Crippen LogP contribution in [0.5, 0.6) is 0 Å². The van der Waals surface area contributed by atoms with Crippen LogP contribution < -0.4 is 10.6 Å². The molecule has 2 amide bonds. The van der Waals surface area contributed by atoms with Crippen LogP contribution in [0, 0.1) is 5.92 Å². The first kappa shape index (κ1) is 16.5.